The number of rotatable bonds is 3. The second-order valence-corrected chi connectivity index (χ2v) is 5.33. The number of hydrogen-bond acceptors (Lipinski definition) is 5. The van der Waals surface area contributed by atoms with Gasteiger partial charge in [0.1, 0.15) is 0 Å². The van der Waals surface area contributed by atoms with Gasteiger partial charge in [-0.15, -0.1) is 0 Å². The van der Waals surface area contributed by atoms with Gasteiger partial charge in [-0.1, -0.05) is 0 Å². The van der Waals surface area contributed by atoms with Gasteiger partial charge in [0.05, 0.1) is 25.2 Å². The van der Waals surface area contributed by atoms with Crippen LogP contribution in [0.4, 0.5) is 0 Å². The Balaban J connectivity index is 1.74. The maximum Gasteiger partial charge on any atom is 0.308 e. The molecule has 1 saturated heterocycles. The summed E-state index contributed by atoms with van der Waals surface area (Å²) in [5.74, 6) is -0.0106. The molecule has 0 spiro atoms. The SMILES string of the molecule is COC(=O)C1CCC(OC2CCNCC2N)CC1. The molecule has 3 N–H and O–H groups in total. The Morgan fingerprint density at radius 1 is 1.22 bits per heavy atom. The number of nitrogens with one attached hydrogen (secondary N) is 1. The number of ether oxygens (including phenoxy) is 2. The topological polar surface area (TPSA) is 73.6 Å². The van der Waals surface area contributed by atoms with Crippen LogP contribution in [0, 0.1) is 5.92 Å². The Bertz CT molecular complexity index is 277. The largest absolute Gasteiger partial charge is 0.469 e. The maximum atomic E-state index is 11.4. The fourth-order valence-electron chi connectivity index (χ4n) is 2.88. The smallest absolute Gasteiger partial charge is 0.308 e. The van der Waals surface area contributed by atoms with Crippen LogP contribution >= 0.6 is 0 Å². The van der Waals surface area contributed by atoms with Crippen LogP contribution in [0.15, 0.2) is 0 Å². The van der Waals surface area contributed by atoms with Crippen LogP contribution in [0.2, 0.25) is 0 Å². The van der Waals surface area contributed by atoms with Gasteiger partial charge >= 0.3 is 5.97 Å². The summed E-state index contributed by atoms with van der Waals surface area (Å²) in [5, 5.41) is 3.27. The van der Waals surface area contributed by atoms with Gasteiger partial charge in [-0.05, 0) is 38.6 Å². The van der Waals surface area contributed by atoms with Crippen LogP contribution in [0.1, 0.15) is 32.1 Å². The molecule has 18 heavy (non-hydrogen) atoms. The first kappa shape index (κ1) is 13.8. The quantitative estimate of drug-likeness (QED) is 0.716. The lowest BCUT2D eigenvalue weighted by molar-refractivity contribution is -0.148. The van der Waals surface area contributed by atoms with Crippen LogP contribution in [-0.2, 0) is 14.3 Å². The van der Waals surface area contributed by atoms with Gasteiger partial charge in [0.15, 0.2) is 0 Å². The second kappa shape index (κ2) is 6.50. The molecule has 104 valence electrons. The van der Waals surface area contributed by atoms with Gasteiger partial charge in [0.2, 0.25) is 0 Å². The van der Waals surface area contributed by atoms with E-state index in [1.165, 1.54) is 7.11 Å². The zero-order chi connectivity index (χ0) is 13.0. The molecule has 0 amide bonds. The monoisotopic (exact) mass is 256 g/mol. The highest BCUT2D eigenvalue weighted by Crippen LogP contribution is 2.28. The molecule has 5 heteroatoms. The summed E-state index contributed by atoms with van der Waals surface area (Å²) >= 11 is 0. The number of carbonyl (C=O) groups excluding carboxylic acids is 1. The molecule has 0 aromatic carbocycles. The third-order valence-electron chi connectivity index (χ3n) is 4.04. The molecule has 5 nitrogen and oxygen atoms in total. The van der Waals surface area contributed by atoms with E-state index in [1.807, 2.05) is 0 Å². The first-order chi connectivity index (χ1) is 8.70. The van der Waals surface area contributed by atoms with E-state index >= 15 is 0 Å². The highest BCUT2D eigenvalue weighted by molar-refractivity contribution is 5.72. The van der Waals surface area contributed by atoms with E-state index < -0.39 is 0 Å². The number of nitrogens with two attached hydrogens (primary N) is 1. The summed E-state index contributed by atoms with van der Waals surface area (Å²) < 4.78 is 10.9. The Morgan fingerprint density at radius 2 is 1.94 bits per heavy atom. The molecule has 0 radical (unpaired) electrons. The first-order valence-corrected chi connectivity index (χ1v) is 6.90. The summed E-state index contributed by atoms with van der Waals surface area (Å²) in [6.45, 7) is 1.82. The van der Waals surface area contributed by atoms with E-state index in [1.54, 1.807) is 0 Å². The Kier molecular flexibility index (Phi) is 4.97. The maximum absolute atomic E-state index is 11.4. The summed E-state index contributed by atoms with van der Waals surface area (Å²) in [7, 11) is 1.46. The standard InChI is InChI=1S/C13H24N2O3/c1-17-13(16)9-2-4-10(5-3-9)18-12-6-7-15-8-11(12)14/h9-12,15H,2-8,14H2,1H3. The van der Waals surface area contributed by atoms with E-state index in [-0.39, 0.29) is 30.1 Å². The molecule has 1 saturated carbocycles. The molecule has 2 aliphatic rings. The van der Waals surface area contributed by atoms with Crippen molar-refractivity contribution in [1.29, 1.82) is 0 Å². The molecule has 2 atom stereocenters. The highest BCUT2D eigenvalue weighted by atomic mass is 16.5. The molecule has 1 aliphatic carbocycles. The minimum atomic E-state index is -0.0768. The predicted octanol–water partition coefficient (Wildman–Crippen LogP) is 0.424. The molecule has 0 aromatic heterocycles. The van der Waals surface area contributed by atoms with Crippen LogP contribution < -0.4 is 11.1 Å². The van der Waals surface area contributed by atoms with E-state index in [4.69, 9.17) is 15.2 Å². The van der Waals surface area contributed by atoms with Crippen molar-refractivity contribution in [3.05, 3.63) is 0 Å². The van der Waals surface area contributed by atoms with Crippen molar-refractivity contribution in [2.45, 2.75) is 50.4 Å². The van der Waals surface area contributed by atoms with Gasteiger partial charge in [0, 0.05) is 12.6 Å². The third kappa shape index (κ3) is 3.43. The molecular weight excluding hydrogens is 232 g/mol. The van der Waals surface area contributed by atoms with Crippen LogP contribution in [-0.4, -0.2) is 44.4 Å². The van der Waals surface area contributed by atoms with Crippen LogP contribution in [0.5, 0.6) is 0 Å². The number of piperidine rings is 1. The van der Waals surface area contributed by atoms with Crippen molar-refractivity contribution in [1.82, 2.24) is 5.32 Å². The summed E-state index contributed by atoms with van der Waals surface area (Å²) in [5.41, 5.74) is 6.03. The Morgan fingerprint density at radius 3 is 2.56 bits per heavy atom. The van der Waals surface area contributed by atoms with Crippen molar-refractivity contribution in [3.8, 4) is 0 Å². The summed E-state index contributed by atoms with van der Waals surface area (Å²) in [6.07, 6.45) is 5.05. The van der Waals surface area contributed by atoms with E-state index in [9.17, 15) is 4.79 Å². The number of esters is 1. The lowest BCUT2D eigenvalue weighted by Crippen LogP contribution is -2.51. The number of carbonyl (C=O) groups is 1. The molecule has 2 rings (SSSR count). The fourth-order valence-corrected chi connectivity index (χ4v) is 2.88. The van der Waals surface area contributed by atoms with E-state index in [0.29, 0.717) is 0 Å². The number of methoxy groups -OCH3 is 1. The lowest BCUT2D eigenvalue weighted by Gasteiger charge is -2.35. The van der Waals surface area contributed by atoms with Crippen molar-refractivity contribution >= 4 is 5.97 Å². The van der Waals surface area contributed by atoms with Crippen molar-refractivity contribution in [2.24, 2.45) is 11.7 Å². The van der Waals surface area contributed by atoms with Crippen molar-refractivity contribution < 1.29 is 14.3 Å². The summed E-state index contributed by atoms with van der Waals surface area (Å²) in [4.78, 5) is 11.4. The Hall–Kier alpha value is -0.650. The zero-order valence-corrected chi connectivity index (χ0v) is 11.1. The van der Waals surface area contributed by atoms with E-state index in [0.717, 1.165) is 45.2 Å². The molecule has 2 fully saturated rings. The number of hydrogen-bond donors (Lipinski definition) is 2. The summed E-state index contributed by atoms with van der Waals surface area (Å²) in [6, 6.07) is 0.0945. The minimum absolute atomic E-state index is 0.0662. The van der Waals surface area contributed by atoms with Gasteiger partial charge in [-0.3, -0.25) is 4.79 Å². The van der Waals surface area contributed by atoms with Gasteiger partial charge < -0.3 is 20.5 Å². The highest BCUT2D eigenvalue weighted by Gasteiger charge is 2.31. The molecule has 1 aliphatic heterocycles. The second-order valence-electron chi connectivity index (χ2n) is 5.33. The van der Waals surface area contributed by atoms with Gasteiger partial charge in [-0.2, -0.15) is 0 Å². The molecule has 0 bridgehead atoms. The average Bonchev–Trinajstić information content (AvgIpc) is 2.41. The molecule has 2 unspecified atom stereocenters. The zero-order valence-electron chi connectivity index (χ0n) is 11.1. The minimum Gasteiger partial charge on any atom is -0.469 e. The first-order valence-electron chi connectivity index (χ1n) is 6.90. The van der Waals surface area contributed by atoms with Gasteiger partial charge in [-0.25, -0.2) is 0 Å². The van der Waals surface area contributed by atoms with E-state index in [2.05, 4.69) is 5.32 Å². The fraction of sp³-hybridized carbons (Fsp3) is 0.923. The molecular formula is C13H24N2O3. The van der Waals surface area contributed by atoms with Gasteiger partial charge in [0.25, 0.3) is 0 Å². The third-order valence-corrected chi connectivity index (χ3v) is 4.04. The lowest BCUT2D eigenvalue weighted by atomic mass is 9.87. The predicted molar refractivity (Wildman–Crippen MR) is 68.1 cm³/mol. The Labute approximate surface area is 108 Å². The van der Waals surface area contributed by atoms with Crippen molar-refractivity contribution in [2.75, 3.05) is 20.2 Å². The van der Waals surface area contributed by atoms with Crippen LogP contribution in [0.25, 0.3) is 0 Å². The molecule has 0 aromatic rings. The van der Waals surface area contributed by atoms with Crippen LogP contribution in [0.3, 0.4) is 0 Å². The molecule has 1 heterocycles. The van der Waals surface area contributed by atoms with Crippen molar-refractivity contribution in [3.63, 3.8) is 0 Å². The normalized spacial score (nSPS) is 37.2. The average molecular weight is 256 g/mol.